The molecule has 1 aliphatic rings. The summed E-state index contributed by atoms with van der Waals surface area (Å²) in [5.41, 5.74) is 0. The fourth-order valence-corrected chi connectivity index (χ4v) is 3.19. The van der Waals surface area contributed by atoms with E-state index >= 15 is 0 Å². The Morgan fingerprint density at radius 3 is 2.24 bits per heavy atom. The molecule has 1 atom stereocenters. The average Bonchev–Trinajstić information content (AvgIpc) is 3.52. The Balaban J connectivity index is 0.00000187. The summed E-state index contributed by atoms with van der Waals surface area (Å²) < 4.78 is 8.79. The topological polar surface area (TPSA) is 111 Å². The van der Waals surface area contributed by atoms with E-state index in [2.05, 4.69) is 32.5 Å². The van der Waals surface area contributed by atoms with Crippen molar-refractivity contribution in [1.29, 1.82) is 0 Å². The van der Waals surface area contributed by atoms with E-state index in [0.717, 1.165) is 32.1 Å². The molecule has 1 aliphatic carbocycles. The second-order valence-corrected chi connectivity index (χ2v) is 7.23. The number of amides is 2. The maximum absolute atomic E-state index is 12.9. The summed E-state index contributed by atoms with van der Waals surface area (Å²) >= 11 is 0. The largest absolute Gasteiger partial charge is 0.433 e. The third kappa shape index (κ3) is 8.92. The predicted molar refractivity (Wildman–Crippen MR) is 121 cm³/mol. The number of hydrogen-bond donors (Lipinski definition) is 0. The lowest BCUT2D eigenvalue weighted by molar-refractivity contribution is -0.133. The highest BCUT2D eigenvalue weighted by Gasteiger charge is 2.22. The molecule has 0 N–H and O–H groups in total. The molecule has 0 radical (unpaired) electrons. The van der Waals surface area contributed by atoms with Gasteiger partial charge >= 0.3 is 6.09 Å². The number of rotatable bonds is 9. The zero-order chi connectivity index (χ0) is 23.9. The highest BCUT2D eigenvalue weighted by molar-refractivity contribution is 5.75. The monoisotopic (exact) mass is 458 g/mol. The summed E-state index contributed by atoms with van der Waals surface area (Å²) in [6.07, 6.45) is 10.6. The molecule has 11 nitrogen and oxygen atoms in total. The first kappa shape index (κ1) is 25.8. The fraction of sp³-hybridized carbons (Fsp3) is 0.636. The van der Waals surface area contributed by atoms with Gasteiger partial charge in [-0.05, 0) is 19.3 Å². The molecule has 0 saturated heterocycles. The van der Waals surface area contributed by atoms with Crippen LogP contribution in [0.25, 0.3) is 0 Å². The molecule has 2 amide bonds. The van der Waals surface area contributed by atoms with E-state index in [4.69, 9.17) is 4.74 Å². The van der Waals surface area contributed by atoms with Gasteiger partial charge in [-0.3, -0.25) is 9.69 Å². The molecule has 0 fully saturated rings. The van der Waals surface area contributed by atoms with Crippen molar-refractivity contribution in [3.05, 3.63) is 24.8 Å². The van der Waals surface area contributed by atoms with Crippen LogP contribution in [-0.2, 0) is 22.9 Å². The van der Waals surface area contributed by atoms with Crippen molar-refractivity contribution < 1.29 is 14.3 Å². The van der Waals surface area contributed by atoms with Crippen LogP contribution in [0.5, 0.6) is 0 Å². The number of ether oxygens (including phenoxy) is 1. The van der Waals surface area contributed by atoms with E-state index < -0.39 is 12.2 Å². The molecule has 2 heterocycles. The molecule has 33 heavy (non-hydrogen) atoms. The molecular weight excluding hydrogens is 424 g/mol. The molecule has 1 unspecified atom stereocenters. The molecule has 180 valence electrons. The molecule has 0 aliphatic heterocycles. The Labute approximate surface area is 195 Å². The van der Waals surface area contributed by atoms with E-state index in [1.54, 1.807) is 41.3 Å². The van der Waals surface area contributed by atoms with Crippen molar-refractivity contribution in [2.24, 2.45) is 0 Å². The minimum absolute atomic E-state index is 0.0459. The number of aromatic nitrogens is 6. The van der Waals surface area contributed by atoms with Crippen LogP contribution in [0.15, 0.2) is 24.8 Å². The molecule has 0 saturated carbocycles. The number of nitrogens with zero attached hydrogens (tertiary/aromatic N) is 8. The van der Waals surface area contributed by atoms with Gasteiger partial charge in [-0.1, -0.05) is 49.5 Å². The first-order valence-corrected chi connectivity index (χ1v) is 11.6. The van der Waals surface area contributed by atoms with Crippen molar-refractivity contribution in [3.8, 4) is 11.8 Å². The Hall–Kier alpha value is -3.42. The fourth-order valence-electron chi connectivity index (χ4n) is 3.19. The van der Waals surface area contributed by atoms with Crippen LogP contribution in [0, 0.1) is 11.8 Å². The second kappa shape index (κ2) is 14.6. The van der Waals surface area contributed by atoms with Crippen molar-refractivity contribution in [2.45, 2.75) is 78.7 Å². The molecule has 2 aromatic heterocycles. The molecule has 0 spiro atoms. The van der Waals surface area contributed by atoms with Crippen LogP contribution in [0.1, 0.15) is 59.3 Å². The van der Waals surface area contributed by atoms with Crippen LogP contribution in [0.4, 0.5) is 4.79 Å². The van der Waals surface area contributed by atoms with Crippen LogP contribution >= 0.6 is 0 Å². The zero-order valence-corrected chi connectivity index (χ0v) is 19.8. The molecular formula is C22H34N8O3. The van der Waals surface area contributed by atoms with E-state index in [1.807, 2.05) is 13.8 Å². The lowest BCUT2D eigenvalue weighted by atomic mass is 10.1. The van der Waals surface area contributed by atoms with Crippen molar-refractivity contribution in [1.82, 2.24) is 39.8 Å². The van der Waals surface area contributed by atoms with Crippen LogP contribution in [0.2, 0.25) is 0 Å². The highest BCUT2D eigenvalue weighted by atomic mass is 16.6. The highest BCUT2D eigenvalue weighted by Crippen LogP contribution is 2.13. The van der Waals surface area contributed by atoms with Crippen LogP contribution < -0.4 is 0 Å². The van der Waals surface area contributed by atoms with Gasteiger partial charge in [0.2, 0.25) is 5.91 Å². The van der Waals surface area contributed by atoms with Crippen LogP contribution in [-0.4, -0.2) is 71.0 Å². The van der Waals surface area contributed by atoms with Gasteiger partial charge in [0.25, 0.3) is 0 Å². The summed E-state index contributed by atoms with van der Waals surface area (Å²) in [4.78, 5) is 28.5. The Morgan fingerprint density at radius 2 is 1.64 bits per heavy atom. The van der Waals surface area contributed by atoms with E-state index in [1.165, 1.54) is 9.58 Å². The van der Waals surface area contributed by atoms with E-state index in [9.17, 15) is 9.59 Å². The van der Waals surface area contributed by atoms with Gasteiger partial charge in [0.15, 0.2) is 6.10 Å². The molecule has 0 bridgehead atoms. The smallest absolute Gasteiger partial charge is 0.412 e. The number of carbonyl (C=O) groups excluding carboxylic acids is 2. The summed E-state index contributed by atoms with van der Waals surface area (Å²) in [6, 6.07) is 0. The van der Waals surface area contributed by atoms with Crippen molar-refractivity contribution >= 4 is 12.0 Å². The van der Waals surface area contributed by atoms with Gasteiger partial charge in [-0.15, -0.1) is 10.2 Å². The third-order valence-corrected chi connectivity index (χ3v) is 4.90. The lowest BCUT2D eigenvalue weighted by Crippen LogP contribution is -2.43. The van der Waals surface area contributed by atoms with E-state index in [-0.39, 0.29) is 25.8 Å². The quantitative estimate of drug-likeness (QED) is 0.531. The Morgan fingerprint density at radius 1 is 1.00 bits per heavy atom. The predicted octanol–water partition coefficient (Wildman–Crippen LogP) is 2.52. The van der Waals surface area contributed by atoms with Gasteiger partial charge in [0.1, 0.15) is 13.3 Å². The van der Waals surface area contributed by atoms with Gasteiger partial charge in [0, 0.05) is 38.3 Å². The normalized spacial score (nSPS) is 15.1. The summed E-state index contributed by atoms with van der Waals surface area (Å²) in [7, 11) is 0. The standard InChI is InChI=1S/C20H28N8O3.C2H6/c1-2-19(29)25(16-27-12-10-21-23-27)14-15-26(17-28-13-11-22-24-28)20(30)31-18-8-6-4-3-5-7-9-18;1-2/h10-13,18H,2-6,8,14-17H2,1H3;1-2H3. The summed E-state index contributed by atoms with van der Waals surface area (Å²) in [5, 5.41) is 15.4. The van der Waals surface area contributed by atoms with Gasteiger partial charge in [-0.2, -0.15) is 0 Å². The van der Waals surface area contributed by atoms with Crippen molar-refractivity contribution in [2.75, 3.05) is 13.1 Å². The van der Waals surface area contributed by atoms with Crippen LogP contribution in [0.3, 0.4) is 0 Å². The molecule has 3 rings (SSSR count). The lowest BCUT2D eigenvalue weighted by Gasteiger charge is -2.28. The van der Waals surface area contributed by atoms with Gasteiger partial charge in [0.05, 0.1) is 12.4 Å². The SMILES string of the molecule is CC.CCC(=O)N(CCN(Cn1ccnn1)C(=O)OC1C#CCCCCC1)Cn1ccnn1. The maximum atomic E-state index is 12.9. The molecule has 2 aromatic rings. The second-order valence-electron chi connectivity index (χ2n) is 7.23. The Kier molecular flexibility index (Phi) is 11.4. The molecule has 11 heteroatoms. The van der Waals surface area contributed by atoms with Gasteiger partial charge < -0.3 is 9.64 Å². The number of carbonyl (C=O) groups is 2. The summed E-state index contributed by atoms with van der Waals surface area (Å²) in [5.74, 6) is 6.09. The number of hydrogen-bond acceptors (Lipinski definition) is 7. The maximum Gasteiger partial charge on any atom is 0.412 e. The minimum Gasteiger partial charge on any atom is -0.433 e. The first-order valence-electron chi connectivity index (χ1n) is 11.6. The summed E-state index contributed by atoms with van der Waals surface area (Å²) in [6.45, 7) is 6.79. The van der Waals surface area contributed by atoms with E-state index in [0.29, 0.717) is 13.0 Å². The first-order chi connectivity index (χ1) is 16.2. The minimum atomic E-state index is -0.486. The zero-order valence-electron chi connectivity index (χ0n) is 19.8. The van der Waals surface area contributed by atoms with Gasteiger partial charge in [-0.25, -0.2) is 14.2 Å². The average molecular weight is 459 g/mol. The third-order valence-electron chi connectivity index (χ3n) is 4.90. The van der Waals surface area contributed by atoms with Crippen molar-refractivity contribution in [3.63, 3.8) is 0 Å². The Bertz CT molecular complexity index is 873. The molecule has 0 aromatic carbocycles.